The van der Waals surface area contributed by atoms with Crippen LogP contribution in [0.1, 0.15) is 42.1 Å². The van der Waals surface area contributed by atoms with Crippen molar-refractivity contribution in [2.45, 2.75) is 40.3 Å². The van der Waals surface area contributed by atoms with Crippen LogP contribution in [-0.4, -0.2) is 25.7 Å². The summed E-state index contributed by atoms with van der Waals surface area (Å²) >= 11 is 0. The fourth-order valence-electron chi connectivity index (χ4n) is 3.65. The minimum absolute atomic E-state index is 0.254. The Labute approximate surface area is 182 Å². The van der Waals surface area contributed by atoms with E-state index in [1.807, 2.05) is 50.2 Å². The molecule has 2 N–H and O–H groups in total. The number of nitrogens with one attached hydrogen (secondary N) is 2. The van der Waals surface area contributed by atoms with Crippen molar-refractivity contribution in [1.82, 2.24) is 10.6 Å². The molecule has 0 fully saturated rings. The number of hydrogen-bond donors (Lipinski definition) is 2. The van der Waals surface area contributed by atoms with Gasteiger partial charge < -0.3 is 24.8 Å². The molecule has 2 aromatic carbocycles. The maximum absolute atomic E-state index is 12.6. The van der Waals surface area contributed by atoms with Crippen molar-refractivity contribution in [3.8, 4) is 11.5 Å². The second-order valence-electron chi connectivity index (χ2n) is 7.39. The first-order chi connectivity index (χ1) is 14.8. The van der Waals surface area contributed by atoms with Gasteiger partial charge in [0.25, 0.3) is 0 Å². The van der Waals surface area contributed by atoms with Gasteiger partial charge in [0.05, 0.1) is 25.3 Å². The third kappa shape index (κ3) is 4.99. The first-order valence-electron chi connectivity index (χ1n) is 10.2. The summed E-state index contributed by atoms with van der Waals surface area (Å²) in [7, 11) is 1.62. The van der Waals surface area contributed by atoms with Crippen LogP contribution in [0.4, 0.5) is 4.79 Å². The fraction of sp³-hybridized carbons (Fsp3) is 0.333. The summed E-state index contributed by atoms with van der Waals surface area (Å²) < 4.78 is 16.4. The highest BCUT2D eigenvalue weighted by molar-refractivity contribution is 5.95. The zero-order valence-electron chi connectivity index (χ0n) is 18.5. The Kier molecular flexibility index (Phi) is 6.84. The predicted molar refractivity (Wildman–Crippen MR) is 117 cm³/mol. The van der Waals surface area contributed by atoms with Crippen molar-refractivity contribution in [3.63, 3.8) is 0 Å². The molecule has 0 bridgehead atoms. The lowest BCUT2D eigenvalue weighted by Crippen LogP contribution is -2.45. The van der Waals surface area contributed by atoms with Crippen LogP contribution in [0.5, 0.6) is 11.5 Å². The summed E-state index contributed by atoms with van der Waals surface area (Å²) in [5, 5.41) is 5.54. The monoisotopic (exact) mass is 424 g/mol. The van der Waals surface area contributed by atoms with E-state index in [2.05, 4.69) is 10.6 Å². The van der Waals surface area contributed by atoms with Crippen molar-refractivity contribution in [3.05, 3.63) is 69.9 Å². The number of ether oxygens (including phenoxy) is 3. The number of amides is 2. The summed E-state index contributed by atoms with van der Waals surface area (Å²) in [6, 6.07) is 10.5. The van der Waals surface area contributed by atoms with E-state index in [4.69, 9.17) is 14.2 Å². The second-order valence-corrected chi connectivity index (χ2v) is 7.39. The minimum atomic E-state index is -0.604. The lowest BCUT2D eigenvalue weighted by molar-refractivity contribution is -0.139. The smallest absolute Gasteiger partial charge is 0.338 e. The molecule has 164 valence electrons. The van der Waals surface area contributed by atoms with Crippen molar-refractivity contribution >= 4 is 12.0 Å². The van der Waals surface area contributed by atoms with Gasteiger partial charge in [-0.15, -0.1) is 0 Å². The van der Waals surface area contributed by atoms with Gasteiger partial charge in [-0.25, -0.2) is 9.59 Å². The largest absolute Gasteiger partial charge is 0.497 e. The molecule has 7 nitrogen and oxygen atoms in total. The zero-order chi connectivity index (χ0) is 22.5. The summed E-state index contributed by atoms with van der Waals surface area (Å²) in [5.41, 5.74) is 4.65. The summed E-state index contributed by atoms with van der Waals surface area (Å²) in [4.78, 5) is 24.8. The highest BCUT2D eigenvalue weighted by Gasteiger charge is 2.33. The summed E-state index contributed by atoms with van der Waals surface area (Å²) in [6.07, 6.45) is 0. The number of rotatable bonds is 7. The lowest BCUT2D eigenvalue weighted by Gasteiger charge is -2.30. The van der Waals surface area contributed by atoms with Crippen LogP contribution < -0.4 is 20.1 Å². The number of benzene rings is 2. The first kappa shape index (κ1) is 22.2. The van der Waals surface area contributed by atoms with Crippen LogP contribution in [0.3, 0.4) is 0 Å². The molecule has 3 rings (SSSR count). The van der Waals surface area contributed by atoms with Gasteiger partial charge in [0.15, 0.2) is 0 Å². The number of urea groups is 1. The SMILES string of the molecule is CCOC(=O)C1=C(C)NC(=O)NC1c1cc(C)cc(COc2ccc(OC)cc2)c1C. The van der Waals surface area contributed by atoms with Crippen LogP contribution >= 0.6 is 0 Å². The maximum Gasteiger partial charge on any atom is 0.338 e. The third-order valence-corrected chi connectivity index (χ3v) is 5.23. The van der Waals surface area contributed by atoms with Gasteiger partial charge in [0.1, 0.15) is 18.1 Å². The van der Waals surface area contributed by atoms with Crippen molar-refractivity contribution in [2.24, 2.45) is 0 Å². The van der Waals surface area contributed by atoms with Crippen LogP contribution in [-0.2, 0) is 16.1 Å². The predicted octanol–water partition coefficient (Wildman–Crippen LogP) is 4.08. The Morgan fingerprint density at radius 2 is 1.74 bits per heavy atom. The van der Waals surface area contributed by atoms with Gasteiger partial charge in [0.2, 0.25) is 0 Å². The van der Waals surface area contributed by atoms with Gasteiger partial charge in [-0.05, 0) is 68.7 Å². The number of aryl methyl sites for hydroxylation is 1. The van der Waals surface area contributed by atoms with Crippen molar-refractivity contribution in [2.75, 3.05) is 13.7 Å². The van der Waals surface area contributed by atoms with Gasteiger partial charge in [-0.3, -0.25) is 0 Å². The van der Waals surface area contributed by atoms with E-state index in [-0.39, 0.29) is 12.6 Å². The fourth-order valence-corrected chi connectivity index (χ4v) is 3.65. The van der Waals surface area contributed by atoms with Crippen LogP contribution in [0.25, 0.3) is 0 Å². The van der Waals surface area contributed by atoms with Crippen molar-refractivity contribution < 1.29 is 23.8 Å². The molecule has 31 heavy (non-hydrogen) atoms. The molecule has 0 spiro atoms. The van der Waals surface area contributed by atoms with Crippen molar-refractivity contribution in [1.29, 1.82) is 0 Å². The van der Waals surface area contributed by atoms with Gasteiger partial charge >= 0.3 is 12.0 Å². The lowest BCUT2D eigenvalue weighted by atomic mass is 9.89. The standard InChI is InChI=1S/C24H28N2O5/c1-6-30-23(27)21-16(4)25-24(28)26-22(21)20-12-14(2)11-17(15(20)3)13-31-19-9-7-18(29-5)8-10-19/h7-12,22H,6,13H2,1-5H3,(H2,25,26,28). The van der Waals surface area contributed by atoms with E-state index in [0.717, 1.165) is 33.8 Å². The molecule has 0 saturated heterocycles. The Hall–Kier alpha value is -3.48. The number of allylic oxidation sites excluding steroid dienone is 1. The Balaban J connectivity index is 1.93. The maximum atomic E-state index is 12.6. The topological polar surface area (TPSA) is 85.9 Å². The molecule has 1 aliphatic rings. The molecule has 1 unspecified atom stereocenters. The first-order valence-corrected chi connectivity index (χ1v) is 10.2. The molecule has 1 heterocycles. The molecule has 2 aromatic rings. The molecule has 2 amide bonds. The molecular formula is C24H28N2O5. The number of carbonyl (C=O) groups excluding carboxylic acids is 2. The van der Waals surface area contributed by atoms with Gasteiger partial charge in [-0.2, -0.15) is 0 Å². The highest BCUT2D eigenvalue weighted by atomic mass is 16.5. The average Bonchev–Trinajstić information content (AvgIpc) is 2.74. The number of esters is 1. The number of hydrogen-bond acceptors (Lipinski definition) is 5. The Bertz CT molecular complexity index is 1010. The van der Waals surface area contributed by atoms with Crippen LogP contribution in [0.2, 0.25) is 0 Å². The zero-order valence-corrected chi connectivity index (χ0v) is 18.5. The average molecular weight is 424 g/mol. The molecule has 0 aliphatic carbocycles. The second kappa shape index (κ2) is 9.55. The van der Waals surface area contributed by atoms with E-state index >= 15 is 0 Å². The molecule has 1 atom stereocenters. The number of methoxy groups -OCH3 is 1. The quantitative estimate of drug-likeness (QED) is 0.654. The molecule has 1 aliphatic heterocycles. The summed E-state index contributed by atoms with van der Waals surface area (Å²) in [6.45, 7) is 8.01. The van der Waals surface area contributed by atoms with Crippen LogP contribution in [0, 0.1) is 13.8 Å². The van der Waals surface area contributed by atoms with E-state index in [0.29, 0.717) is 17.9 Å². The molecule has 0 aromatic heterocycles. The molecule has 0 radical (unpaired) electrons. The Morgan fingerprint density at radius 3 is 2.39 bits per heavy atom. The summed E-state index contributed by atoms with van der Waals surface area (Å²) in [5.74, 6) is 1.03. The van der Waals surface area contributed by atoms with E-state index in [1.54, 1.807) is 21.0 Å². The third-order valence-electron chi connectivity index (χ3n) is 5.23. The van der Waals surface area contributed by atoms with E-state index in [9.17, 15) is 9.59 Å². The molecular weight excluding hydrogens is 396 g/mol. The van der Waals surface area contributed by atoms with E-state index in [1.165, 1.54) is 0 Å². The minimum Gasteiger partial charge on any atom is -0.497 e. The molecule has 0 saturated carbocycles. The Morgan fingerprint density at radius 1 is 1.06 bits per heavy atom. The normalized spacial score (nSPS) is 15.8. The molecule has 7 heteroatoms. The van der Waals surface area contributed by atoms with Gasteiger partial charge in [0, 0.05) is 5.70 Å². The van der Waals surface area contributed by atoms with Crippen LogP contribution in [0.15, 0.2) is 47.7 Å². The van der Waals surface area contributed by atoms with Gasteiger partial charge in [-0.1, -0.05) is 17.7 Å². The highest BCUT2D eigenvalue weighted by Crippen LogP contribution is 2.32. The number of carbonyl (C=O) groups is 2. The van der Waals surface area contributed by atoms with E-state index < -0.39 is 12.0 Å².